The zero-order chi connectivity index (χ0) is 28.6. The molecule has 39 heavy (non-hydrogen) atoms. The van der Waals surface area contributed by atoms with E-state index >= 15 is 0 Å². The van der Waals surface area contributed by atoms with Gasteiger partial charge in [0, 0.05) is 44.9 Å². The SMILES string of the molecule is CCCNc1nc(Nc2ccc(C#N)c(F)c2)ncc1C#CCCCNC(=O)CN(C)C(=O)/C=C/CN(C)C. The Morgan fingerprint density at radius 1 is 1.18 bits per heavy atom. The van der Waals surface area contributed by atoms with Crippen molar-refractivity contribution >= 4 is 29.3 Å². The van der Waals surface area contributed by atoms with Gasteiger partial charge >= 0.3 is 0 Å². The van der Waals surface area contributed by atoms with Crippen LogP contribution in [0.3, 0.4) is 0 Å². The first-order valence-electron chi connectivity index (χ1n) is 12.6. The first kappa shape index (κ1) is 30.7. The molecule has 206 valence electrons. The number of benzene rings is 1. The van der Waals surface area contributed by atoms with E-state index in [0.29, 0.717) is 49.5 Å². The van der Waals surface area contributed by atoms with Gasteiger partial charge in [-0.15, -0.1) is 0 Å². The van der Waals surface area contributed by atoms with E-state index in [4.69, 9.17) is 5.26 Å². The Kier molecular flexibility index (Phi) is 12.9. The topological polar surface area (TPSA) is 126 Å². The van der Waals surface area contributed by atoms with Crippen LogP contribution < -0.4 is 16.0 Å². The van der Waals surface area contributed by atoms with Crippen LogP contribution in [0.2, 0.25) is 0 Å². The van der Waals surface area contributed by atoms with Gasteiger partial charge in [-0.25, -0.2) is 9.37 Å². The summed E-state index contributed by atoms with van der Waals surface area (Å²) in [7, 11) is 5.40. The summed E-state index contributed by atoms with van der Waals surface area (Å²) < 4.78 is 13.9. The molecule has 1 aromatic heterocycles. The number of hydrogen-bond acceptors (Lipinski definition) is 8. The van der Waals surface area contributed by atoms with Gasteiger partial charge in [0.2, 0.25) is 17.8 Å². The third-order valence-corrected chi connectivity index (χ3v) is 5.19. The molecule has 11 heteroatoms. The summed E-state index contributed by atoms with van der Waals surface area (Å²) in [6.07, 6.45) is 6.87. The molecule has 0 unspecified atom stereocenters. The van der Waals surface area contributed by atoms with Crippen LogP contribution in [0.5, 0.6) is 0 Å². The Morgan fingerprint density at radius 3 is 2.67 bits per heavy atom. The summed E-state index contributed by atoms with van der Waals surface area (Å²) in [6, 6.07) is 5.97. The summed E-state index contributed by atoms with van der Waals surface area (Å²) in [5, 5.41) is 17.8. The monoisotopic (exact) mass is 534 g/mol. The molecule has 3 N–H and O–H groups in total. The molecule has 0 fully saturated rings. The summed E-state index contributed by atoms with van der Waals surface area (Å²) in [5.74, 6) is 5.87. The van der Waals surface area contributed by atoms with Crippen LogP contribution in [0.4, 0.5) is 21.8 Å². The lowest BCUT2D eigenvalue weighted by molar-refractivity contribution is -0.131. The Hall–Kier alpha value is -4.48. The fourth-order valence-electron chi connectivity index (χ4n) is 3.13. The van der Waals surface area contributed by atoms with Crippen molar-refractivity contribution in [2.45, 2.75) is 26.2 Å². The van der Waals surface area contributed by atoms with Crippen LogP contribution in [0, 0.1) is 29.0 Å². The number of halogens is 1. The summed E-state index contributed by atoms with van der Waals surface area (Å²) in [6.45, 7) is 3.78. The highest BCUT2D eigenvalue weighted by Gasteiger charge is 2.10. The lowest BCUT2D eigenvalue weighted by Crippen LogP contribution is -2.38. The van der Waals surface area contributed by atoms with E-state index in [0.717, 1.165) is 6.42 Å². The predicted octanol–water partition coefficient (Wildman–Crippen LogP) is 2.88. The highest BCUT2D eigenvalue weighted by atomic mass is 19.1. The number of nitrogens with zero attached hydrogens (tertiary/aromatic N) is 5. The number of carbonyl (C=O) groups is 2. The van der Waals surface area contributed by atoms with Gasteiger partial charge in [0.15, 0.2) is 0 Å². The third-order valence-electron chi connectivity index (χ3n) is 5.19. The predicted molar refractivity (Wildman–Crippen MR) is 150 cm³/mol. The number of aromatic nitrogens is 2. The number of likely N-dealkylation sites (N-methyl/N-ethyl adjacent to an activating group) is 2. The van der Waals surface area contributed by atoms with Crippen molar-refractivity contribution in [2.75, 3.05) is 58.0 Å². The summed E-state index contributed by atoms with van der Waals surface area (Å²) >= 11 is 0. The highest BCUT2D eigenvalue weighted by molar-refractivity contribution is 5.91. The fourth-order valence-corrected chi connectivity index (χ4v) is 3.13. The second kappa shape index (κ2) is 16.4. The van der Waals surface area contributed by atoms with E-state index in [1.807, 2.05) is 25.9 Å². The first-order chi connectivity index (χ1) is 18.7. The molecule has 0 atom stereocenters. The molecule has 1 heterocycles. The molecule has 0 aliphatic heterocycles. The molecular formula is C28H35FN8O2. The molecule has 0 bridgehead atoms. The van der Waals surface area contributed by atoms with Crippen molar-refractivity contribution in [3.05, 3.63) is 53.5 Å². The average Bonchev–Trinajstić information content (AvgIpc) is 2.90. The number of nitriles is 1. The van der Waals surface area contributed by atoms with Crippen molar-refractivity contribution in [1.29, 1.82) is 5.26 Å². The molecule has 0 saturated heterocycles. The van der Waals surface area contributed by atoms with E-state index < -0.39 is 5.82 Å². The smallest absolute Gasteiger partial charge is 0.246 e. The van der Waals surface area contributed by atoms with Crippen molar-refractivity contribution in [3.63, 3.8) is 0 Å². The highest BCUT2D eigenvalue weighted by Crippen LogP contribution is 2.19. The Bertz CT molecular complexity index is 1260. The van der Waals surface area contributed by atoms with E-state index in [1.54, 1.807) is 31.5 Å². The van der Waals surface area contributed by atoms with Gasteiger partial charge < -0.3 is 25.8 Å². The molecule has 0 aliphatic rings. The molecule has 0 saturated carbocycles. The molecule has 2 amide bonds. The first-order valence-corrected chi connectivity index (χ1v) is 12.6. The molecule has 10 nitrogen and oxygen atoms in total. The second-order valence-electron chi connectivity index (χ2n) is 8.93. The number of nitrogens with one attached hydrogen (secondary N) is 3. The van der Waals surface area contributed by atoms with E-state index in [9.17, 15) is 14.0 Å². The van der Waals surface area contributed by atoms with Crippen molar-refractivity contribution < 1.29 is 14.0 Å². The lowest BCUT2D eigenvalue weighted by Gasteiger charge is -2.14. The lowest BCUT2D eigenvalue weighted by atomic mass is 10.2. The van der Waals surface area contributed by atoms with Crippen LogP contribution >= 0.6 is 0 Å². The molecular weight excluding hydrogens is 499 g/mol. The fraction of sp³-hybridized carbons (Fsp3) is 0.393. The van der Waals surface area contributed by atoms with Gasteiger partial charge in [-0.2, -0.15) is 10.2 Å². The molecule has 2 rings (SSSR count). The Balaban J connectivity index is 1.87. The second-order valence-corrected chi connectivity index (χ2v) is 8.93. The summed E-state index contributed by atoms with van der Waals surface area (Å²) in [4.78, 5) is 36.2. The normalized spacial score (nSPS) is 10.5. The van der Waals surface area contributed by atoms with Crippen LogP contribution in [0.15, 0.2) is 36.5 Å². The number of hydrogen-bond donors (Lipinski definition) is 3. The number of rotatable bonds is 13. The van der Waals surface area contributed by atoms with Crippen LogP contribution in [-0.2, 0) is 9.59 Å². The number of amides is 2. The van der Waals surface area contributed by atoms with Crippen LogP contribution in [-0.4, -0.2) is 78.9 Å². The minimum absolute atomic E-state index is 0.0178. The molecule has 0 spiro atoms. The Morgan fingerprint density at radius 2 is 1.97 bits per heavy atom. The van der Waals surface area contributed by atoms with Gasteiger partial charge in [0.25, 0.3) is 0 Å². The standard InChI is InChI=1S/C28H35FN8O2/c1-5-14-32-27-22(19-33-28(35-27)34-23-13-12-21(18-30)24(29)17-23)10-7-6-8-15-31-25(38)20-37(4)26(39)11-9-16-36(2)3/h9,11-13,17,19H,5-6,8,14-16,20H2,1-4H3,(H,31,38)(H2,32,33,34,35)/b11-9+. The van der Waals surface area contributed by atoms with Crippen molar-refractivity contribution in [2.24, 2.45) is 0 Å². The number of unbranched alkanes of at least 4 members (excludes halogenated alkanes) is 1. The number of anilines is 3. The van der Waals surface area contributed by atoms with E-state index in [1.165, 1.54) is 23.1 Å². The molecule has 0 radical (unpaired) electrons. The maximum Gasteiger partial charge on any atom is 0.246 e. The summed E-state index contributed by atoms with van der Waals surface area (Å²) in [5.41, 5.74) is 1.000. The molecule has 2 aromatic rings. The van der Waals surface area contributed by atoms with Crippen molar-refractivity contribution in [3.8, 4) is 17.9 Å². The minimum atomic E-state index is -0.626. The number of carbonyl (C=O) groups excluding carboxylic acids is 2. The van der Waals surface area contributed by atoms with Gasteiger partial charge in [0.05, 0.1) is 23.9 Å². The zero-order valence-corrected chi connectivity index (χ0v) is 22.8. The largest absolute Gasteiger partial charge is 0.369 e. The van der Waals surface area contributed by atoms with Crippen LogP contribution in [0.1, 0.15) is 37.3 Å². The molecule has 0 aliphatic carbocycles. The van der Waals surface area contributed by atoms with E-state index in [2.05, 4.69) is 37.8 Å². The van der Waals surface area contributed by atoms with E-state index in [-0.39, 0.29) is 29.9 Å². The van der Waals surface area contributed by atoms with Gasteiger partial charge in [0.1, 0.15) is 17.7 Å². The van der Waals surface area contributed by atoms with Gasteiger partial charge in [-0.3, -0.25) is 9.59 Å². The minimum Gasteiger partial charge on any atom is -0.369 e. The van der Waals surface area contributed by atoms with Crippen LogP contribution in [0.25, 0.3) is 0 Å². The maximum atomic E-state index is 13.9. The van der Waals surface area contributed by atoms with Gasteiger partial charge in [-0.05, 0) is 45.1 Å². The van der Waals surface area contributed by atoms with Crippen molar-refractivity contribution in [1.82, 2.24) is 25.1 Å². The molecule has 1 aromatic carbocycles. The zero-order valence-electron chi connectivity index (χ0n) is 22.8. The Labute approximate surface area is 229 Å². The third kappa shape index (κ3) is 11.2. The van der Waals surface area contributed by atoms with Gasteiger partial charge in [-0.1, -0.05) is 24.8 Å². The maximum absolute atomic E-state index is 13.9. The average molecular weight is 535 g/mol. The quantitative estimate of drug-likeness (QED) is 0.204.